The number of para-hydroxylation sites is 2. The molecule has 4 nitrogen and oxygen atoms in total. The van der Waals surface area contributed by atoms with Crippen molar-refractivity contribution in [1.82, 2.24) is 4.98 Å². The number of pyridine rings is 1. The number of ether oxygens (including phenoxy) is 1. The molecule has 1 aliphatic rings. The molecule has 2 heterocycles. The normalized spacial score (nSPS) is 13.5. The molecule has 0 N–H and O–H groups in total. The minimum absolute atomic E-state index is 0.659. The Kier molecular flexibility index (Phi) is 3.52. The Morgan fingerprint density at radius 1 is 1.14 bits per heavy atom. The molecule has 4 heteroatoms. The standard InChI is InChI=1S/C17H19N3O/c1-4-11-21-17-10-9-14(12-18-17)20-13(2)19(3)15-7-5-6-8-16(15)20/h5-10,12H,2,4,11H2,1,3H3. The van der Waals surface area contributed by atoms with Gasteiger partial charge in [-0.1, -0.05) is 25.6 Å². The largest absolute Gasteiger partial charge is 0.478 e. The van der Waals surface area contributed by atoms with Crippen molar-refractivity contribution in [1.29, 1.82) is 0 Å². The van der Waals surface area contributed by atoms with Crippen LogP contribution in [0.25, 0.3) is 0 Å². The number of fused-ring (bicyclic) bond motifs is 1. The highest BCUT2D eigenvalue weighted by molar-refractivity contribution is 5.87. The van der Waals surface area contributed by atoms with Gasteiger partial charge < -0.3 is 9.64 Å². The van der Waals surface area contributed by atoms with Gasteiger partial charge in [0.1, 0.15) is 5.82 Å². The lowest BCUT2D eigenvalue weighted by Crippen LogP contribution is -2.20. The number of benzene rings is 1. The Hall–Kier alpha value is -2.49. The first-order chi connectivity index (χ1) is 10.2. The molecule has 0 atom stereocenters. The van der Waals surface area contributed by atoms with E-state index >= 15 is 0 Å². The Labute approximate surface area is 125 Å². The van der Waals surface area contributed by atoms with E-state index in [9.17, 15) is 0 Å². The molecule has 1 aromatic carbocycles. The number of hydrogen-bond acceptors (Lipinski definition) is 4. The summed E-state index contributed by atoms with van der Waals surface area (Å²) in [6.07, 6.45) is 2.80. The summed E-state index contributed by atoms with van der Waals surface area (Å²) in [5, 5.41) is 0. The van der Waals surface area contributed by atoms with Crippen LogP contribution in [0.1, 0.15) is 13.3 Å². The van der Waals surface area contributed by atoms with Crippen LogP contribution in [-0.2, 0) is 0 Å². The van der Waals surface area contributed by atoms with Crippen molar-refractivity contribution in [3.63, 3.8) is 0 Å². The molecule has 1 aliphatic heterocycles. The summed E-state index contributed by atoms with van der Waals surface area (Å²) in [5.74, 6) is 1.58. The Bertz CT molecular complexity index is 651. The summed E-state index contributed by atoms with van der Waals surface area (Å²) < 4.78 is 5.53. The van der Waals surface area contributed by atoms with E-state index in [0.717, 1.165) is 29.3 Å². The topological polar surface area (TPSA) is 28.6 Å². The molecular formula is C17H19N3O. The van der Waals surface area contributed by atoms with Gasteiger partial charge in [-0.05, 0) is 24.6 Å². The van der Waals surface area contributed by atoms with Crippen molar-refractivity contribution in [2.45, 2.75) is 13.3 Å². The van der Waals surface area contributed by atoms with Crippen molar-refractivity contribution in [3.8, 4) is 5.88 Å². The summed E-state index contributed by atoms with van der Waals surface area (Å²) >= 11 is 0. The smallest absolute Gasteiger partial charge is 0.213 e. The first-order valence-corrected chi connectivity index (χ1v) is 7.13. The SMILES string of the molecule is C=C1N(C)c2ccccc2N1c1ccc(OCCC)nc1. The van der Waals surface area contributed by atoms with Gasteiger partial charge in [0, 0.05) is 13.1 Å². The second-order valence-corrected chi connectivity index (χ2v) is 5.00. The maximum Gasteiger partial charge on any atom is 0.213 e. The van der Waals surface area contributed by atoms with Crippen LogP contribution < -0.4 is 14.5 Å². The van der Waals surface area contributed by atoms with Gasteiger partial charge in [-0.25, -0.2) is 4.98 Å². The molecule has 0 bridgehead atoms. The van der Waals surface area contributed by atoms with Crippen molar-refractivity contribution >= 4 is 17.1 Å². The quantitative estimate of drug-likeness (QED) is 0.849. The Morgan fingerprint density at radius 3 is 2.57 bits per heavy atom. The first-order valence-electron chi connectivity index (χ1n) is 7.13. The minimum atomic E-state index is 0.659. The predicted molar refractivity (Wildman–Crippen MR) is 86.1 cm³/mol. The molecule has 0 saturated heterocycles. The lowest BCUT2D eigenvalue weighted by molar-refractivity contribution is 0.305. The summed E-state index contributed by atoms with van der Waals surface area (Å²) in [5.41, 5.74) is 3.25. The van der Waals surface area contributed by atoms with Crippen LogP contribution in [0.5, 0.6) is 5.88 Å². The van der Waals surface area contributed by atoms with Crippen LogP contribution in [0.2, 0.25) is 0 Å². The highest BCUT2D eigenvalue weighted by Gasteiger charge is 2.28. The molecule has 1 aromatic heterocycles. The maximum atomic E-state index is 5.53. The third kappa shape index (κ3) is 2.33. The van der Waals surface area contributed by atoms with Crippen LogP contribution >= 0.6 is 0 Å². The number of nitrogens with zero attached hydrogens (tertiary/aromatic N) is 3. The molecule has 0 radical (unpaired) electrons. The van der Waals surface area contributed by atoms with Crippen LogP contribution in [0.3, 0.4) is 0 Å². The average Bonchev–Trinajstić information content (AvgIpc) is 2.78. The molecule has 3 rings (SSSR count). The summed E-state index contributed by atoms with van der Waals surface area (Å²) in [6, 6.07) is 12.2. The van der Waals surface area contributed by atoms with E-state index in [0.29, 0.717) is 12.5 Å². The molecule has 0 unspecified atom stereocenters. The number of rotatable bonds is 4. The number of anilines is 3. The van der Waals surface area contributed by atoms with E-state index in [1.54, 1.807) is 0 Å². The summed E-state index contributed by atoms with van der Waals surface area (Å²) in [4.78, 5) is 8.55. The number of hydrogen-bond donors (Lipinski definition) is 0. The molecule has 2 aromatic rings. The van der Waals surface area contributed by atoms with Gasteiger partial charge in [0.25, 0.3) is 0 Å². The van der Waals surface area contributed by atoms with Crippen molar-refractivity contribution in [2.75, 3.05) is 23.5 Å². The summed E-state index contributed by atoms with van der Waals surface area (Å²) in [7, 11) is 2.02. The highest BCUT2D eigenvalue weighted by Crippen LogP contribution is 2.44. The second kappa shape index (κ2) is 5.48. The molecular weight excluding hydrogens is 262 g/mol. The van der Waals surface area contributed by atoms with E-state index in [1.807, 2.05) is 37.5 Å². The van der Waals surface area contributed by atoms with Gasteiger partial charge in [0.2, 0.25) is 5.88 Å². The van der Waals surface area contributed by atoms with Gasteiger partial charge in [-0.2, -0.15) is 0 Å². The third-order valence-electron chi connectivity index (χ3n) is 3.56. The van der Waals surface area contributed by atoms with Crippen LogP contribution in [-0.4, -0.2) is 18.6 Å². The van der Waals surface area contributed by atoms with E-state index in [1.165, 1.54) is 0 Å². The lowest BCUT2D eigenvalue weighted by Gasteiger charge is -2.21. The van der Waals surface area contributed by atoms with E-state index in [2.05, 4.69) is 40.4 Å². The van der Waals surface area contributed by atoms with Gasteiger partial charge in [-0.15, -0.1) is 0 Å². The molecule has 0 aliphatic carbocycles. The molecule has 0 amide bonds. The molecule has 0 saturated carbocycles. The van der Waals surface area contributed by atoms with E-state index < -0.39 is 0 Å². The zero-order valence-corrected chi connectivity index (χ0v) is 12.4. The first kappa shape index (κ1) is 13.5. The van der Waals surface area contributed by atoms with Gasteiger partial charge in [-0.3, -0.25) is 4.90 Å². The minimum Gasteiger partial charge on any atom is -0.478 e. The van der Waals surface area contributed by atoms with Crippen molar-refractivity contribution in [2.24, 2.45) is 0 Å². The van der Waals surface area contributed by atoms with Crippen molar-refractivity contribution in [3.05, 3.63) is 55.0 Å². The average molecular weight is 281 g/mol. The molecule has 21 heavy (non-hydrogen) atoms. The van der Waals surface area contributed by atoms with Crippen molar-refractivity contribution < 1.29 is 4.74 Å². The number of aromatic nitrogens is 1. The predicted octanol–water partition coefficient (Wildman–Crippen LogP) is 3.93. The maximum absolute atomic E-state index is 5.53. The van der Waals surface area contributed by atoms with Gasteiger partial charge >= 0.3 is 0 Å². The van der Waals surface area contributed by atoms with Gasteiger partial charge in [0.05, 0.1) is 29.9 Å². The van der Waals surface area contributed by atoms with Crippen LogP contribution in [0.15, 0.2) is 55.0 Å². The summed E-state index contributed by atoms with van der Waals surface area (Å²) in [6.45, 7) is 6.94. The fraction of sp³-hybridized carbons (Fsp3) is 0.235. The van der Waals surface area contributed by atoms with Gasteiger partial charge in [0.15, 0.2) is 0 Å². The Balaban J connectivity index is 1.92. The molecule has 0 fully saturated rings. The third-order valence-corrected chi connectivity index (χ3v) is 3.56. The molecule has 108 valence electrons. The zero-order valence-electron chi connectivity index (χ0n) is 12.4. The Morgan fingerprint density at radius 2 is 1.90 bits per heavy atom. The molecule has 0 spiro atoms. The van der Waals surface area contributed by atoms with Crippen LogP contribution in [0.4, 0.5) is 17.1 Å². The highest BCUT2D eigenvalue weighted by atomic mass is 16.5. The monoisotopic (exact) mass is 281 g/mol. The van der Waals surface area contributed by atoms with Crippen LogP contribution in [0, 0.1) is 0 Å². The fourth-order valence-corrected chi connectivity index (χ4v) is 2.45. The fourth-order valence-electron chi connectivity index (χ4n) is 2.45. The van der Waals surface area contributed by atoms with E-state index in [-0.39, 0.29) is 0 Å². The zero-order chi connectivity index (χ0) is 14.8. The van der Waals surface area contributed by atoms with E-state index in [4.69, 9.17) is 4.74 Å². The second-order valence-electron chi connectivity index (χ2n) is 5.00. The lowest BCUT2D eigenvalue weighted by atomic mass is 10.2.